The average Bonchev–Trinajstić information content (AvgIpc) is 3.35. The lowest BCUT2D eigenvalue weighted by Gasteiger charge is -2.36. The van der Waals surface area contributed by atoms with Crippen LogP contribution in [0.2, 0.25) is 0 Å². The Kier molecular flexibility index (Phi) is 8.30. The van der Waals surface area contributed by atoms with E-state index in [1.54, 1.807) is 12.0 Å². The van der Waals surface area contributed by atoms with Gasteiger partial charge in [0.25, 0.3) is 0 Å². The second-order valence-electron chi connectivity index (χ2n) is 8.24. The number of sulfone groups is 1. The van der Waals surface area contributed by atoms with Crippen molar-refractivity contribution in [3.63, 3.8) is 0 Å². The van der Waals surface area contributed by atoms with Gasteiger partial charge in [-0.2, -0.15) is 0 Å². The summed E-state index contributed by atoms with van der Waals surface area (Å²) in [7, 11) is -2.73. The van der Waals surface area contributed by atoms with Crippen LogP contribution in [0.15, 0.2) is 40.2 Å². The number of ether oxygens (including phenoxy) is 1. The zero-order valence-electron chi connectivity index (χ0n) is 18.6. The van der Waals surface area contributed by atoms with Gasteiger partial charge in [-0.05, 0) is 55.7 Å². The molecule has 1 fully saturated rings. The average molecular weight is 496 g/mol. The molecular formula is C22H29N3O6S2. The molecule has 180 valence electrons. The molecule has 3 rings (SSSR count). The largest absolute Gasteiger partial charge is 0.497 e. The first kappa shape index (κ1) is 25.0. The summed E-state index contributed by atoms with van der Waals surface area (Å²) in [6, 6.07) is 6.72. The van der Waals surface area contributed by atoms with Gasteiger partial charge in [0.05, 0.1) is 18.8 Å². The van der Waals surface area contributed by atoms with Crippen molar-refractivity contribution in [1.29, 1.82) is 0 Å². The van der Waals surface area contributed by atoms with Crippen molar-refractivity contribution < 1.29 is 27.9 Å². The van der Waals surface area contributed by atoms with Gasteiger partial charge in [-0.3, -0.25) is 4.98 Å². The molecule has 1 heterocycles. The third-order valence-corrected chi connectivity index (χ3v) is 9.12. The number of nitrogens with zero attached hydrogens (tertiary/aromatic N) is 2. The molecule has 2 N–H and O–H groups in total. The first-order chi connectivity index (χ1) is 15.7. The van der Waals surface area contributed by atoms with Crippen LogP contribution in [0.3, 0.4) is 0 Å². The normalized spacial score (nSPS) is 19.5. The Hall–Kier alpha value is -2.66. The summed E-state index contributed by atoms with van der Waals surface area (Å²) in [4.78, 5) is 30.4. The van der Waals surface area contributed by atoms with Crippen LogP contribution in [0.25, 0.3) is 0 Å². The summed E-state index contributed by atoms with van der Waals surface area (Å²) in [5, 5.41) is 9.78. The van der Waals surface area contributed by atoms with Gasteiger partial charge >= 0.3 is 12.0 Å². The van der Waals surface area contributed by atoms with Crippen molar-refractivity contribution in [2.75, 3.05) is 13.7 Å². The minimum absolute atomic E-state index is 0.0833. The number of carbonyl (C=O) groups is 2. The standard InChI is InChI=1S/C22H29N3O6S2/c1-15-3-7-17(8-4-15)25(12-11-16-5-9-18(31-2)10-6-16)22(28)24-20(21(26)27)33(29,30)19-13-23-14-32-19/h5-6,9-10,13-15,17,20H,3-4,7-8,11-12H2,1-2H3,(H,24,28)(H,26,27). The molecule has 33 heavy (non-hydrogen) atoms. The van der Waals surface area contributed by atoms with Crippen molar-refractivity contribution in [2.24, 2.45) is 5.92 Å². The third kappa shape index (κ3) is 6.23. The molecule has 1 unspecified atom stereocenters. The first-order valence-electron chi connectivity index (χ1n) is 10.8. The topological polar surface area (TPSA) is 126 Å². The monoisotopic (exact) mass is 495 g/mol. The van der Waals surface area contributed by atoms with Gasteiger partial charge in [0.1, 0.15) is 9.96 Å². The van der Waals surface area contributed by atoms with E-state index in [4.69, 9.17) is 4.74 Å². The number of methoxy groups -OCH3 is 1. The van der Waals surface area contributed by atoms with E-state index in [-0.39, 0.29) is 10.3 Å². The summed E-state index contributed by atoms with van der Waals surface area (Å²) in [6.07, 6.45) is 5.12. The maximum atomic E-state index is 13.2. The highest BCUT2D eigenvalue weighted by Gasteiger charge is 2.38. The van der Waals surface area contributed by atoms with E-state index in [0.717, 1.165) is 54.5 Å². The van der Waals surface area contributed by atoms with E-state index < -0.39 is 27.2 Å². The zero-order valence-corrected chi connectivity index (χ0v) is 20.3. The molecule has 1 aliphatic carbocycles. The number of amides is 2. The molecule has 1 atom stereocenters. The fourth-order valence-corrected chi connectivity index (χ4v) is 6.24. The number of hydrogen-bond donors (Lipinski definition) is 2. The molecule has 1 aromatic heterocycles. The lowest BCUT2D eigenvalue weighted by atomic mass is 9.86. The van der Waals surface area contributed by atoms with E-state index in [9.17, 15) is 23.1 Å². The van der Waals surface area contributed by atoms with Crippen molar-refractivity contribution in [2.45, 2.75) is 54.7 Å². The number of thiazole rings is 1. The molecule has 0 bridgehead atoms. The van der Waals surface area contributed by atoms with E-state index in [0.29, 0.717) is 18.9 Å². The Balaban J connectivity index is 1.78. The molecule has 0 spiro atoms. The number of aliphatic carboxylic acids is 1. The van der Waals surface area contributed by atoms with Crippen LogP contribution >= 0.6 is 11.3 Å². The SMILES string of the molecule is COc1ccc(CCN(C(=O)NC(C(=O)O)S(=O)(=O)c2cncs2)C2CCC(C)CC2)cc1. The van der Waals surface area contributed by atoms with Crippen molar-refractivity contribution in [1.82, 2.24) is 15.2 Å². The number of carboxylic acids is 1. The quantitative estimate of drug-likeness (QED) is 0.547. The van der Waals surface area contributed by atoms with Crippen LogP contribution in [-0.4, -0.2) is 60.5 Å². The molecule has 0 radical (unpaired) electrons. The number of aromatic nitrogens is 1. The fraction of sp³-hybridized carbons (Fsp3) is 0.500. The van der Waals surface area contributed by atoms with Crippen LogP contribution in [0, 0.1) is 5.92 Å². The maximum Gasteiger partial charge on any atom is 0.342 e. The Labute approximate surface area is 197 Å². The first-order valence-corrected chi connectivity index (χ1v) is 13.2. The molecule has 2 amide bonds. The number of urea groups is 1. The summed E-state index contributed by atoms with van der Waals surface area (Å²) in [6.45, 7) is 2.50. The number of hydrogen-bond acceptors (Lipinski definition) is 7. The number of benzene rings is 1. The Morgan fingerprint density at radius 3 is 2.45 bits per heavy atom. The molecule has 0 saturated heterocycles. The summed E-state index contributed by atoms with van der Waals surface area (Å²) >= 11 is 0.812. The highest BCUT2D eigenvalue weighted by molar-refractivity contribution is 7.94. The second-order valence-corrected chi connectivity index (χ2v) is 11.4. The molecule has 1 saturated carbocycles. The van der Waals surface area contributed by atoms with Gasteiger partial charge in [0, 0.05) is 12.6 Å². The van der Waals surface area contributed by atoms with Crippen LogP contribution in [-0.2, 0) is 21.1 Å². The van der Waals surface area contributed by atoms with Crippen molar-refractivity contribution in [3.8, 4) is 5.75 Å². The minimum atomic E-state index is -4.32. The third-order valence-electron chi connectivity index (χ3n) is 5.97. The van der Waals surface area contributed by atoms with Crippen LogP contribution in [0.4, 0.5) is 4.79 Å². The predicted octanol–water partition coefficient (Wildman–Crippen LogP) is 3.17. The molecular weight excluding hydrogens is 466 g/mol. The Bertz CT molecular complexity index is 1030. The highest BCUT2D eigenvalue weighted by Crippen LogP contribution is 2.28. The van der Waals surface area contributed by atoms with E-state index in [1.807, 2.05) is 24.3 Å². The zero-order chi connectivity index (χ0) is 24.0. The van der Waals surface area contributed by atoms with E-state index in [2.05, 4.69) is 17.2 Å². The van der Waals surface area contributed by atoms with Gasteiger partial charge in [0.2, 0.25) is 15.2 Å². The van der Waals surface area contributed by atoms with Gasteiger partial charge in [0.15, 0.2) is 0 Å². The summed E-state index contributed by atoms with van der Waals surface area (Å²) in [5.74, 6) is -0.345. The maximum absolute atomic E-state index is 13.2. The second kappa shape index (κ2) is 11.0. The molecule has 9 nitrogen and oxygen atoms in total. The van der Waals surface area contributed by atoms with Crippen LogP contribution in [0.5, 0.6) is 5.75 Å². The lowest BCUT2D eigenvalue weighted by Crippen LogP contribution is -2.54. The van der Waals surface area contributed by atoms with E-state index >= 15 is 0 Å². The lowest BCUT2D eigenvalue weighted by molar-refractivity contribution is -0.137. The summed E-state index contributed by atoms with van der Waals surface area (Å²) in [5.41, 5.74) is 2.29. The van der Waals surface area contributed by atoms with Crippen LogP contribution in [0.1, 0.15) is 38.2 Å². The number of carboxylic acid groups (broad SMARTS) is 1. The molecule has 1 aromatic carbocycles. The van der Waals surface area contributed by atoms with Crippen LogP contribution < -0.4 is 10.1 Å². The molecule has 1 aliphatic rings. The van der Waals surface area contributed by atoms with Crippen molar-refractivity contribution in [3.05, 3.63) is 41.5 Å². The Morgan fingerprint density at radius 1 is 1.24 bits per heavy atom. The molecule has 0 aliphatic heterocycles. The fourth-order valence-electron chi connectivity index (χ4n) is 3.97. The number of rotatable bonds is 9. The highest BCUT2D eigenvalue weighted by atomic mass is 32.2. The summed E-state index contributed by atoms with van der Waals surface area (Å²) < 4.78 is 30.6. The van der Waals surface area contributed by atoms with Gasteiger partial charge < -0.3 is 20.1 Å². The van der Waals surface area contributed by atoms with E-state index in [1.165, 1.54) is 5.51 Å². The Morgan fingerprint density at radius 2 is 1.91 bits per heavy atom. The van der Waals surface area contributed by atoms with Gasteiger partial charge in [-0.1, -0.05) is 19.1 Å². The number of nitrogens with one attached hydrogen (secondary N) is 1. The molecule has 2 aromatic rings. The minimum Gasteiger partial charge on any atom is -0.497 e. The smallest absolute Gasteiger partial charge is 0.342 e. The predicted molar refractivity (Wildman–Crippen MR) is 124 cm³/mol. The van der Waals surface area contributed by atoms with Crippen molar-refractivity contribution >= 4 is 33.2 Å². The van der Waals surface area contributed by atoms with Gasteiger partial charge in [-0.15, -0.1) is 11.3 Å². The molecule has 11 heteroatoms. The number of carbonyl (C=O) groups excluding carboxylic acids is 1. The van der Waals surface area contributed by atoms with Gasteiger partial charge in [-0.25, -0.2) is 18.0 Å².